The molecule has 0 aliphatic heterocycles. The molecule has 0 saturated heterocycles. The minimum atomic E-state index is -0.428. The molecule has 0 bridgehead atoms. The second kappa shape index (κ2) is 5.41. The molecular formula is C15H12BrFN2. The van der Waals surface area contributed by atoms with Crippen LogP contribution in [0, 0.1) is 24.1 Å². The van der Waals surface area contributed by atoms with Crippen molar-refractivity contribution in [2.45, 2.75) is 6.92 Å². The van der Waals surface area contributed by atoms with Gasteiger partial charge in [0.15, 0.2) is 5.82 Å². The molecule has 0 spiro atoms. The summed E-state index contributed by atoms with van der Waals surface area (Å²) >= 11 is 3.12. The second-order valence-electron chi connectivity index (χ2n) is 4.27. The molecule has 0 aromatic heterocycles. The van der Waals surface area contributed by atoms with E-state index in [0.717, 1.165) is 11.3 Å². The molecule has 0 radical (unpaired) electrons. The summed E-state index contributed by atoms with van der Waals surface area (Å²) in [6.07, 6.45) is 0. The molecule has 0 N–H and O–H groups in total. The fraction of sp³-hybridized carbons (Fsp3) is 0.133. The van der Waals surface area contributed by atoms with E-state index in [0.29, 0.717) is 11.3 Å². The summed E-state index contributed by atoms with van der Waals surface area (Å²) in [6, 6.07) is 13.0. The molecule has 2 rings (SSSR count). The molecule has 96 valence electrons. The lowest BCUT2D eigenvalue weighted by Gasteiger charge is -2.21. The Kier molecular flexibility index (Phi) is 3.87. The van der Waals surface area contributed by atoms with E-state index in [1.165, 1.54) is 0 Å². The van der Waals surface area contributed by atoms with Crippen molar-refractivity contribution in [2.24, 2.45) is 0 Å². The summed E-state index contributed by atoms with van der Waals surface area (Å²) in [5.41, 5.74) is 2.73. The molecular weight excluding hydrogens is 307 g/mol. The van der Waals surface area contributed by atoms with Crippen molar-refractivity contribution in [1.82, 2.24) is 0 Å². The van der Waals surface area contributed by atoms with Crippen LogP contribution in [-0.2, 0) is 0 Å². The lowest BCUT2D eigenvalue weighted by atomic mass is 10.1. The van der Waals surface area contributed by atoms with E-state index in [-0.39, 0.29) is 4.47 Å². The van der Waals surface area contributed by atoms with Crippen LogP contribution in [-0.4, -0.2) is 7.05 Å². The average Bonchev–Trinajstić information content (AvgIpc) is 2.41. The first-order valence-electron chi connectivity index (χ1n) is 5.73. The van der Waals surface area contributed by atoms with Crippen molar-refractivity contribution < 1.29 is 4.39 Å². The van der Waals surface area contributed by atoms with Crippen LogP contribution in [0.4, 0.5) is 15.8 Å². The van der Waals surface area contributed by atoms with Gasteiger partial charge < -0.3 is 4.90 Å². The summed E-state index contributed by atoms with van der Waals surface area (Å²) in [7, 11) is 1.80. The van der Waals surface area contributed by atoms with Crippen LogP contribution in [0.5, 0.6) is 0 Å². The number of hydrogen-bond donors (Lipinski definition) is 0. The molecule has 0 unspecified atom stereocenters. The summed E-state index contributed by atoms with van der Waals surface area (Å²) in [6.45, 7) is 1.99. The van der Waals surface area contributed by atoms with Gasteiger partial charge in [0.1, 0.15) is 6.07 Å². The van der Waals surface area contributed by atoms with E-state index in [1.807, 2.05) is 37.3 Å². The molecule has 2 aromatic carbocycles. The monoisotopic (exact) mass is 318 g/mol. The predicted molar refractivity (Wildman–Crippen MR) is 78.1 cm³/mol. The van der Waals surface area contributed by atoms with E-state index in [9.17, 15) is 4.39 Å². The van der Waals surface area contributed by atoms with Gasteiger partial charge in [-0.05, 0) is 52.7 Å². The summed E-state index contributed by atoms with van der Waals surface area (Å²) < 4.78 is 14.4. The van der Waals surface area contributed by atoms with Gasteiger partial charge in [-0.1, -0.05) is 12.1 Å². The normalized spacial score (nSPS) is 10.1. The van der Waals surface area contributed by atoms with Crippen molar-refractivity contribution in [3.05, 3.63) is 57.8 Å². The van der Waals surface area contributed by atoms with Gasteiger partial charge in [0, 0.05) is 12.7 Å². The number of benzene rings is 2. The van der Waals surface area contributed by atoms with E-state index < -0.39 is 5.82 Å². The Morgan fingerprint density at radius 2 is 2.00 bits per heavy atom. The first-order chi connectivity index (χ1) is 9.04. The highest BCUT2D eigenvalue weighted by atomic mass is 79.9. The summed E-state index contributed by atoms with van der Waals surface area (Å²) in [4.78, 5) is 1.76. The Bertz CT molecular complexity index is 662. The van der Waals surface area contributed by atoms with Crippen LogP contribution in [0.25, 0.3) is 0 Å². The van der Waals surface area contributed by atoms with Crippen LogP contribution in [0.2, 0.25) is 0 Å². The highest BCUT2D eigenvalue weighted by molar-refractivity contribution is 9.10. The lowest BCUT2D eigenvalue weighted by Crippen LogP contribution is -2.11. The molecule has 19 heavy (non-hydrogen) atoms. The van der Waals surface area contributed by atoms with Crippen molar-refractivity contribution in [2.75, 3.05) is 11.9 Å². The number of hydrogen-bond acceptors (Lipinski definition) is 2. The molecule has 0 saturated carbocycles. The van der Waals surface area contributed by atoms with E-state index in [1.54, 1.807) is 24.1 Å². The quantitative estimate of drug-likeness (QED) is 0.813. The van der Waals surface area contributed by atoms with Crippen molar-refractivity contribution in [3.63, 3.8) is 0 Å². The average molecular weight is 319 g/mol. The number of rotatable bonds is 2. The van der Waals surface area contributed by atoms with Gasteiger partial charge in [0.2, 0.25) is 0 Å². The number of aryl methyl sites for hydroxylation is 1. The minimum Gasteiger partial charge on any atom is -0.342 e. The largest absolute Gasteiger partial charge is 0.342 e. The Hall–Kier alpha value is -1.86. The molecule has 0 amide bonds. The zero-order valence-electron chi connectivity index (χ0n) is 10.6. The van der Waals surface area contributed by atoms with Crippen molar-refractivity contribution >= 4 is 27.3 Å². The number of anilines is 2. The lowest BCUT2D eigenvalue weighted by molar-refractivity contribution is 0.620. The molecule has 0 atom stereocenters. The Labute approximate surface area is 120 Å². The Morgan fingerprint density at radius 1 is 1.26 bits per heavy atom. The second-order valence-corrected chi connectivity index (χ2v) is 5.06. The zero-order valence-corrected chi connectivity index (χ0v) is 12.2. The molecule has 4 heteroatoms. The van der Waals surface area contributed by atoms with Gasteiger partial charge in [-0.25, -0.2) is 4.39 Å². The van der Waals surface area contributed by atoms with Crippen molar-refractivity contribution in [1.29, 1.82) is 5.26 Å². The first kappa shape index (κ1) is 13.6. The first-order valence-corrected chi connectivity index (χ1v) is 6.52. The van der Waals surface area contributed by atoms with Gasteiger partial charge in [-0.3, -0.25) is 0 Å². The van der Waals surface area contributed by atoms with Gasteiger partial charge in [-0.2, -0.15) is 5.26 Å². The maximum Gasteiger partial charge on any atom is 0.162 e. The standard InChI is InChI=1S/C15H12BrFN2/c1-10-4-3-5-12(8-10)19(2)13-7-6-11(9-18)14(16)15(13)17/h3-8H,1-2H3. The highest BCUT2D eigenvalue weighted by Crippen LogP contribution is 2.32. The molecule has 0 heterocycles. The Balaban J connectivity index is 2.48. The molecule has 2 nitrogen and oxygen atoms in total. The van der Waals surface area contributed by atoms with Crippen LogP contribution in [0.15, 0.2) is 40.9 Å². The van der Waals surface area contributed by atoms with E-state index in [2.05, 4.69) is 15.9 Å². The van der Waals surface area contributed by atoms with Crippen LogP contribution in [0.3, 0.4) is 0 Å². The highest BCUT2D eigenvalue weighted by Gasteiger charge is 2.15. The minimum absolute atomic E-state index is 0.201. The fourth-order valence-electron chi connectivity index (χ4n) is 1.86. The maximum absolute atomic E-state index is 14.2. The van der Waals surface area contributed by atoms with Gasteiger partial charge >= 0.3 is 0 Å². The molecule has 0 fully saturated rings. The topological polar surface area (TPSA) is 27.0 Å². The molecule has 0 aliphatic carbocycles. The smallest absolute Gasteiger partial charge is 0.162 e. The summed E-state index contributed by atoms with van der Waals surface area (Å²) in [5.74, 6) is -0.428. The van der Waals surface area contributed by atoms with Gasteiger partial charge in [0.05, 0.1) is 15.7 Å². The van der Waals surface area contributed by atoms with Gasteiger partial charge in [0.25, 0.3) is 0 Å². The van der Waals surface area contributed by atoms with Crippen LogP contribution >= 0.6 is 15.9 Å². The van der Waals surface area contributed by atoms with E-state index >= 15 is 0 Å². The third kappa shape index (κ3) is 2.61. The van der Waals surface area contributed by atoms with Crippen molar-refractivity contribution in [3.8, 4) is 6.07 Å². The zero-order chi connectivity index (χ0) is 14.0. The fourth-order valence-corrected chi connectivity index (χ4v) is 2.28. The van der Waals surface area contributed by atoms with Crippen LogP contribution < -0.4 is 4.90 Å². The molecule has 2 aromatic rings. The number of nitriles is 1. The SMILES string of the molecule is Cc1cccc(N(C)c2ccc(C#N)c(Br)c2F)c1. The third-order valence-corrected chi connectivity index (χ3v) is 3.71. The maximum atomic E-state index is 14.2. The number of halogens is 2. The van der Waals surface area contributed by atoms with Gasteiger partial charge in [-0.15, -0.1) is 0 Å². The number of nitrogens with zero attached hydrogens (tertiary/aromatic N) is 2. The summed E-state index contributed by atoms with van der Waals surface area (Å²) in [5, 5.41) is 8.87. The predicted octanol–water partition coefficient (Wildman–Crippen LogP) is 4.54. The van der Waals surface area contributed by atoms with E-state index in [4.69, 9.17) is 5.26 Å². The third-order valence-electron chi connectivity index (χ3n) is 2.93. The van der Waals surface area contributed by atoms with Crippen LogP contribution in [0.1, 0.15) is 11.1 Å². The Morgan fingerprint density at radius 3 is 2.63 bits per heavy atom. The molecule has 0 aliphatic rings.